The summed E-state index contributed by atoms with van der Waals surface area (Å²) in [4.78, 5) is 15.3. The largest absolute Gasteiger partial charge is 0.481 e. The number of nitrogens with zero attached hydrogens (tertiary/aromatic N) is 3. The van der Waals surface area contributed by atoms with Crippen LogP contribution < -0.4 is 0 Å². The lowest BCUT2D eigenvalue weighted by Gasteiger charge is -2.21. The molecule has 1 fully saturated rings. The quantitative estimate of drug-likeness (QED) is 0.878. The van der Waals surface area contributed by atoms with E-state index in [9.17, 15) is 13.2 Å². The molecule has 1 N–H and O–H groups in total. The molecule has 21 heavy (non-hydrogen) atoms. The number of aliphatic carboxylic acids is 1. The standard InChI is InChI=1S/C13H21N3O4S/c1-4-6-15-8-12(14-10(15)3)21(19,20)16-7-5-11(9(16)2)13(17)18/h8-9,11H,4-7H2,1-3H3,(H,17,18). The van der Waals surface area contributed by atoms with Gasteiger partial charge in [-0.25, -0.2) is 13.4 Å². The molecule has 0 amide bonds. The van der Waals surface area contributed by atoms with Gasteiger partial charge in [-0.15, -0.1) is 0 Å². The molecular formula is C13H21N3O4S. The summed E-state index contributed by atoms with van der Waals surface area (Å²) >= 11 is 0. The third-order valence-electron chi connectivity index (χ3n) is 4.01. The molecule has 0 radical (unpaired) electrons. The molecule has 2 heterocycles. The summed E-state index contributed by atoms with van der Waals surface area (Å²) in [5.41, 5.74) is 0. The van der Waals surface area contributed by atoms with Crippen LogP contribution in [0.4, 0.5) is 0 Å². The monoisotopic (exact) mass is 315 g/mol. The van der Waals surface area contributed by atoms with E-state index in [2.05, 4.69) is 4.98 Å². The number of hydrogen-bond donors (Lipinski definition) is 1. The minimum absolute atomic E-state index is 0.00587. The number of rotatable bonds is 5. The second kappa shape index (κ2) is 5.76. The van der Waals surface area contributed by atoms with E-state index in [1.807, 2.05) is 11.5 Å². The summed E-state index contributed by atoms with van der Waals surface area (Å²) < 4.78 is 28.3. The van der Waals surface area contributed by atoms with E-state index in [0.29, 0.717) is 18.8 Å². The van der Waals surface area contributed by atoms with Crippen LogP contribution >= 0.6 is 0 Å². The zero-order valence-electron chi connectivity index (χ0n) is 12.5. The number of carboxylic acid groups (broad SMARTS) is 1. The SMILES string of the molecule is CCCn1cc(S(=O)(=O)N2CCC(C(=O)O)C2C)nc1C. The van der Waals surface area contributed by atoms with E-state index in [0.717, 1.165) is 6.42 Å². The molecule has 2 unspecified atom stereocenters. The molecular weight excluding hydrogens is 294 g/mol. The molecule has 0 bridgehead atoms. The normalized spacial score (nSPS) is 23.6. The van der Waals surface area contributed by atoms with Crippen LogP contribution in [0.2, 0.25) is 0 Å². The van der Waals surface area contributed by atoms with Crippen molar-refractivity contribution in [2.75, 3.05) is 6.54 Å². The predicted octanol–water partition coefficient (Wildman–Crippen LogP) is 1.09. The number of aryl methyl sites for hydroxylation is 2. The summed E-state index contributed by atoms with van der Waals surface area (Å²) in [6.07, 6.45) is 2.76. The smallest absolute Gasteiger partial charge is 0.308 e. The van der Waals surface area contributed by atoms with Crippen LogP contribution in [0.15, 0.2) is 11.2 Å². The van der Waals surface area contributed by atoms with Crippen molar-refractivity contribution < 1.29 is 18.3 Å². The first-order chi connectivity index (χ1) is 9.78. The lowest BCUT2D eigenvalue weighted by Crippen LogP contribution is -2.37. The zero-order chi connectivity index (χ0) is 15.8. The summed E-state index contributed by atoms with van der Waals surface area (Å²) in [7, 11) is -3.74. The Morgan fingerprint density at radius 1 is 1.52 bits per heavy atom. The topological polar surface area (TPSA) is 92.5 Å². The van der Waals surface area contributed by atoms with Gasteiger partial charge in [0.15, 0.2) is 5.03 Å². The Bertz CT molecular complexity index is 638. The zero-order valence-corrected chi connectivity index (χ0v) is 13.3. The molecule has 0 aromatic carbocycles. The molecule has 0 spiro atoms. The highest BCUT2D eigenvalue weighted by atomic mass is 32.2. The molecule has 7 nitrogen and oxygen atoms in total. The first kappa shape index (κ1) is 16.0. The van der Waals surface area contributed by atoms with Gasteiger partial charge in [0.25, 0.3) is 10.0 Å². The van der Waals surface area contributed by atoms with Crippen molar-refractivity contribution in [3.8, 4) is 0 Å². The van der Waals surface area contributed by atoms with Crippen LogP contribution in [-0.4, -0.2) is 45.9 Å². The van der Waals surface area contributed by atoms with E-state index in [4.69, 9.17) is 5.11 Å². The number of hydrogen-bond acceptors (Lipinski definition) is 4. The number of carboxylic acids is 1. The molecule has 0 saturated carbocycles. The molecule has 1 aromatic heterocycles. The van der Waals surface area contributed by atoms with Crippen molar-refractivity contribution in [2.45, 2.75) is 51.2 Å². The van der Waals surface area contributed by atoms with E-state index in [1.54, 1.807) is 13.8 Å². The lowest BCUT2D eigenvalue weighted by molar-refractivity contribution is -0.142. The van der Waals surface area contributed by atoms with Crippen molar-refractivity contribution in [1.29, 1.82) is 0 Å². The van der Waals surface area contributed by atoms with Gasteiger partial charge in [-0.05, 0) is 26.7 Å². The maximum atomic E-state index is 12.6. The first-order valence-electron chi connectivity index (χ1n) is 7.07. The fourth-order valence-electron chi connectivity index (χ4n) is 2.77. The molecule has 2 atom stereocenters. The van der Waals surface area contributed by atoms with Crippen molar-refractivity contribution in [3.05, 3.63) is 12.0 Å². The summed E-state index contributed by atoms with van der Waals surface area (Å²) in [6.45, 7) is 6.34. The van der Waals surface area contributed by atoms with Crippen LogP contribution in [0.5, 0.6) is 0 Å². The highest BCUT2D eigenvalue weighted by Gasteiger charge is 2.43. The van der Waals surface area contributed by atoms with Crippen molar-refractivity contribution in [3.63, 3.8) is 0 Å². The fraction of sp³-hybridized carbons (Fsp3) is 0.692. The second-order valence-electron chi connectivity index (χ2n) is 5.41. The van der Waals surface area contributed by atoms with Crippen LogP contribution in [0.1, 0.15) is 32.5 Å². The third-order valence-corrected chi connectivity index (χ3v) is 5.86. The number of sulfonamides is 1. The van der Waals surface area contributed by atoms with Gasteiger partial charge < -0.3 is 9.67 Å². The van der Waals surface area contributed by atoms with Gasteiger partial charge in [0.05, 0.1) is 5.92 Å². The molecule has 1 aliphatic heterocycles. The Hall–Kier alpha value is -1.41. The predicted molar refractivity (Wildman–Crippen MR) is 76.4 cm³/mol. The van der Waals surface area contributed by atoms with Gasteiger partial charge in [-0.2, -0.15) is 4.31 Å². The first-order valence-corrected chi connectivity index (χ1v) is 8.51. The maximum Gasteiger partial charge on any atom is 0.308 e. The summed E-state index contributed by atoms with van der Waals surface area (Å²) in [5.74, 6) is -0.955. The second-order valence-corrected chi connectivity index (χ2v) is 7.25. The Labute approximate surface area is 124 Å². The van der Waals surface area contributed by atoms with Gasteiger partial charge >= 0.3 is 5.97 Å². The average Bonchev–Trinajstić information content (AvgIpc) is 2.95. The van der Waals surface area contributed by atoms with E-state index >= 15 is 0 Å². The number of imidazole rings is 1. The van der Waals surface area contributed by atoms with Crippen molar-refractivity contribution in [2.24, 2.45) is 5.92 Å². The Morgan fingerprint density at radius 3 is 2.71 bits per heavy atom. The molecule has 118 valence electrons. The van der Waals surface area contributed by atoms with Gasteiger partial charge in [0.2, 0.25) is 0 Å². The van der Waals surface area contributed by atoms with Crippen LogP contribution in [0.3, 0.4) is 0 Å². The molecule has 2 rings (SSSR count). The average molecular weight is 315 g/mol. The Kier molecular flexibility index (Phi) is 4.38. The van der Waals surface area contributed by atoms with Gasteiger partial charge in [-0.1, -0.05) is 6.92 Å². The molecule has 1 saturated heterocycles. The number of aromatic nitrogens is 2. The minimum Gasteiger partial charge on any atom is -0.481 e. The van der Waals surface area contributed by atoms with E-state index < -0.39 is 28.0 Å². The molecule has 1 aromatic rings. The molecule has 1 aliphatic rings. The van der Waals surface area contributed by atoms with E-state index in [1.165, 1.54) is 10.5 Å². The third kappa shape index (κ3) is 2.82. The highest BCUT2D eigenvalue weighted by Crippen LogP contribution is 2.30. The fourth-order valence-corrected chi connectivity index (χ4v) is 4.45. The van der Waals surface area contributed by atoms with Gasteiger partial charge in [0.1, 0.15) is 5.82 Å². The highest BCUT2D eigenvalue weighted by molar-refractivity contribution is 7.89. The lowest BCUT2D eigenvalue weighted by atomic mass is 10.0. The van der Waals surface area contributed by atoms with Crippen LogP contribution in [0.25, 0.3) is 0 Å². The van der Waals surface area contributed by atoms with Crippen molar-refractivity contribution in [1.82, 2.24) is 13.9 Å². The van der Waals surface area contributed by atoms with Crippen LogP contribution in [0, 0.1) is 12.8 Å². The van der Waals surface area contributed by atoms with Gasteiger partial charge in [0, 0.05) is 25.3 Å². The summed E-state index contributed by atoms with van der Waals surface area (Å²) in [6, 6.07) is -0.552. The molecule has 0 aliphatic carbocycles. The Morgan fingerprint density at radius 2 is 2.19 bits per heavy atom. The minimum atomic E-state index is -3.74. The number of carbonyl (C=O) groups is 1. The van der Waals surface area contributed by atoms with Crippen LogP contribution in [-0.2, 0) is 21.4 Å². The van der Waals surface area contributed by atoms with E-state index in [-0.39, 0.29) is 11.6 Å². The molecule has 8 heteroatoms. The van der Waals surface area contributed by atoms with Gasteiger partial charge in [-0.3, -0.25) is 4.79 Å². The summed E-state index contributed by atoms with van der Waals surface area (Å²) in [5, 5.41) is 9.12. The maximum absolute atomic E-state index is 12.6. The Balaban J connectivity index is 2.30. The van der Waals surface area contributed by atoms with Crippen molar-refractivity contribution >= 4 is 16.0 Å².